The molecule has 4 heterocycles. The highest BCUT2D eigenvalue weighted by Gasteiger charge is 2.34. The van der Waals surface area contributed by atoms with Gasteiger partial charge in [-0.1, -0.05) is 6.07 Å². The zero-order valence-electron chi connectivity index (χ0n) is 21.2. The second-order valence-electron chi connectivity index (χ2n) is 9.53. The topological polar surface area (TPSA) is 105 Å². The molecule has 1 aliphatic heterocycles. The van der Waals surface area contributed by atoms with Crippen molar-refractivity contribution in [2.45, 2.75) is 45.4 Å². The van der Waals surface area contributed by atoms with Crippen LogP contribution in [0.15, 0.2) is 41.5 Å². The molecule has 0 bridgehead atoms. The minimum Gasteiger partial charge on any atom is -0.480 e. The van der Waals surface area contributed by atoms with E-state index in [-0.39, 0.29) is 30.2 Å². The van der Waals surface area contributed by atoms with E-state index < -0.39 is 0 Å². The second-order valence-corrected chi connectivity index (χ2v) is 9.53. The molecule has 0 radical (unpaired) electrons. The standard InChI is InChI=1S/C26H30N8O2/c1-16-14-34(22-11-25(35)31(4)23-15-32(9-8-27)30-26(22)23)17(2)13-33(16)18(3)19-6-7-20-21(10-19)29-24(36-5)12-28-20/h6-7,10-12,15-18H,9,13-14H2,1-5H3/t16-,17+,18?/m1/s1. The van der Waals surface area contributed by atoms with Crippen LogP contribution in [0.25, 0.3) is 22.1 Å². The van der Waals surface area contributed by atoms with Crippen LogP contribution in [0.4, 0.5) is 5.69 Å². The quantitative estimate of drug-likeness (QED) is 0.424. The number of aromatic nitrogens is 5. The van der Waals surface area contributed by atoms with Gasteiger partial charge in [0.25, 0.3) is 5.56 Å². The molecule has 1 saturated heterocycles. The first-order valence-corrected chi connectivity index (χ1v) is 12.1. The third kappa shape index (κ3) is 4.05. The van der Waals surface area contributed by atoms with E-state index in [0.29, 0.717) is 5.88 Å². The largest absolute Gasteiger partial charge is 0.480 e. The smallest absolute Gasteiger partial charge is 0.252 e. The van der Waals surface area contributed by atoms with E-state index in [9.17, 15) is 4.79 Å². The molecule has 0 spiro atoms. The van der Waals surface area contributed by atoms with E-state index in [2.05, 4.69) is 63.8 Å². The number of ether oxygens (including phenoxy) is 1. The first-order chi connectivity index (χ1) is 17.3. The molecule has 10 nitrogen and oxygen atoms in total. The number of methoxy groups -OCH3 is 1. The zero-order chi connectivity index (χ0) is 25.6. The maximum Gasteiger partial charge on any atom is 0.252 e. The molecule has 0 amide bonds. The molecule has 1 fully saturated rings. The van der Waals surface area contributed by atoms with E-state index in [1.807, 2.05) is 6.07 Å². The molecule has 186 valence electrons. The molecule has 3 aromatic heterocycles. The van der Waals surface area contributed by atoms with Gasteiger partial charge in [0.05, 0.1) is 47.8 Å². The van der Waals surface area contributed by atoms with Crippen molar-refractivity contribution < 1.29 is 4.74 Å². The highest BCUT2D eigenvalue weighted by Crippen LogP contribution is 2.33. The predicted octanol–water partition coefficient (Wildman–Crippen LogP) is 2.87. The Morgan fingerprint density at radius 1 is 1.19 bits per heavy atom. The number of pyridine rings is 1. The number of anilines is 1. The Morgan fingerprint density at radius 3 is 2.75 bits per heavy atom. The molecule has 0 aliphatic carbocycles. The molecule has 1 aromatic carbocycles. The van der Waals surface area contributed by atoms with Crippen LogP contribution < -0.4 is 15.2 Å². The maximum atomic E-state index is 12.8. The maximum absolute atomic E-state index is 12.8. The summed E-state index contributed by atoms with van der Waals surface area (Å²) in [6, 6.07) is 10.5. The van der Waals surface area contributed by atoms with Crippen molar-refractivity contribution in [1.29, 1.82) is 5.26 Å². The van der Waals surface area contributed by atoms with E-state index >= 15 is 0 Å². The lowest BCUT2D eigenvalue weighted by atomic mass is 10.00. The fourth-order valence-electron chi connectivity index (χ4n) is 5.20. The lowest BCUT2D eigenvalue weighted by Gasteiger charge is -2.47. The van der Waals surface area contributed by atoms with Crippen LogP contribution >= 0.6 is 0 Å². The summed E-state index contributed by atoms with van der Waals surface area (Å²) in [6.07, 6.45) is 3.40. The molecule has 1 aliphatic rings. The van der Waals surface area contributed by atoms with Crippen molar-refractivity contribution in [1.82, 2.24) is 29.2 Å². The minimum atomic E-state index is -0.0858. The number of hydrogen-bond donors (Lipinski definition) is 0. The predicted molar refractivity (Wildman–Crippen MR) is 138 cm³/mol. The van der Waals surface area contributed by atoms with Crippen LogP contribution in [0.2, 0.25) is 0 Å². The molecule has 36 heavy (non-hydrogen) atoms. The molecule has 1 unspecified atom stereocenters. The fraction of sp³-hybridized carbons (Fsp3) is 0.423. The van der Waals surface area contributed by atoms with Gasteiger partial charge in [0, 0.05) is 44.3 Å². The Labute approximate surface area is 209 Å². The van der Waals surface area contributed by atoms with Gasteiger partial charge in [-0.15, -0.1) is 0 Å². The number of fused-ring (bicyclic) bond motifs is 2. The molecule has 0 saturated carbocycles. The first-order valence-electron chi connectivity index (χ1n) is 12.1. The third-order valence-corrected chi connectivity index (χ3v) is 7.25. The number of hydrogen-bond acceptors (Lipinski definition) is 8. The van der Waals surface area contributed by atoms with Gasteiger partial charge >= 0.3 is 0 Å². The molecule has 10 heteroatoms. The summed E-state index contributed by atoms with van der Waals surface area (Å²) in [6.45, 7) is 8.32. The van der Waals surface area contributed by atoms with Gasteiger partial charge in [0.2, 0.25) is 5.88 Å². The normalized spacial score (nSPS) is 19.5. The zero-order valence-corrected chi connectivity index (χ0v) is 21.2. The third-order valence-electron chi connectivity index (χ3n) is 7.25. The van der Waals surface area contributed by atoms with E-state index in [4.69, 9.17) is 10.00 Å². The summed E-state index contributed by atoms with van der Waals surface area (Å²) >= 11 is 0. The number of aryl methyl sites for hydroxylation is 1. The lowest BCUT2D eigenvalue weighted by molar-refractivity contribution is 0.119. The summed E-state index contributed by atoms with van der Waals surface area (Å²) in [5.74, 6) is 0.500. The highest BCUT2D eigenvalue weighted by atomic mass is 16.5. The first kappa shape index (κ1) is 23.8. The highest BCUT2D eigenvalue weighted by molar-refractivity contribution is 5.88. The van der Waals surface area contributed by atoms with Crippen molar-refractivity contribution in [2.75, 3.05) is 25.1 Å². The van der Waals surface area contributed by atoms with E-state index in [1.165, 1.54) is 5.56 Å². The van der Waals surface area contributed by atoms with Crippen LogP contribution in [0.3, 0.4) is 0 Å². The van der Waals surface area contributed by atoms with Crippen molar-refractivity contribution in [3.8, 4) is 11.9 Å². The van der Waals surface area contributed by atoms with E-state index in [0.717, 1.165) is 40.8 Å². The minimum absolute atomic E-state index is 0.0858. The van der Waals surface area contributed by atoms with Gasteiger partial charge in [0.15, 0.2) is 0 Å². The lowest BCUT2D eigenvalue weighted by Crippen LogP contribution is -2.57. The summed E-state index contributed by atoms with van der Waals surface area (Å²) in [5, 5.41) is 13.8. The number of benzene rings is 1. The second kappa shape index (κ2) is 9.24. The summed E-state index contributed by atoms with van der Waals surface area (Å²) in [7, 11) is 3.33. The molecule has 4 aromatic rings. The number of nitriles is 1. The van der Waals surface area contributed by atoms with Crippen LogP contribution in [-0.2, 0) is 13.6 Å². The molecule has 5 rings (SSSR count). The SMILES string of the molecule is COc1cnc2ccc(C(C)N3C[C@H](C)N(c4cc(=O)n(C)c5cn(CC#N)nc45)C[C@H]3C)cc2n1. The average Bonchev–Trinajstić information content (AvgIpc) is 3.30. The van der Waals surface area contributed by atoms with Crippen molar-refractivity contribution >= 4 is 27.8 Å². The van der Waals surface area contributed by atoms with Crippen LogP contribution in [0.5, 0.6) is 5.88 Å². The Hall–Kier alpha value is -3.97. The van der Waals surface area contributed by atoms with Gasteiger partial charge in [0.1, 0.15) is 12.1 Å². The number of piperazine rings is 1. The Balaban J connectivity index is 1.44. The monoisotopic (exact) mass is 486 g/mol. The van der Waals surface area contributed by atoms with Crippen molar-refractivity contribution in [3.05, 3.63) is 52.6 Å². The van der Waals surface area contributed by atoms with Gasteiger partial charge in [-0.05, 0) is 38.5 Å². The number of rotatable bonds is 5. The van der Waals surface area contributed by atoms with Gasteiger partial charge < -0.3 is 14.2 Å². The Kier molecular flexibility index (Phi) is 6.10. The van der Waals surface area contributed by atoms with Gasteiger partial charge in [-0.2, -0.15) is 10.4 Å². The molecule has 0 N–H and O–H groups in total. The average molecular weight is 487 g/mol. The Morgan fingerprint density at radius 2 is 2.00 bits per heavy atom. The van der Waals surface area contributed by atoms with Crippen molar-refractivity contribution in [2.24, 2.45) is 7.05 Å². The summed E-state index contributed by atoms with van der Waals surface area (Å²) in [4.78, 5) is 26.5. The van der Waals surface area contributed by atoms with Crippen LogP contribution in [0.1, 0.15) is 32.4 Å². The summed E-state index contributed by atoms with van der Waals surface area (Å²) < 4.78 is 8.43. The molecular formula is C26H30N8O2. The molecular weight excluding hydrogens is 456 g/mol. The van der Waals surface area contributed by atoms with Crippen LogP contribution in [-0.4, -0.2) is 61.5 Å². The van der Waals surface area contributed by atoms with Gasteiger partial charge in [-0.25, -0.2) is 9.97 Å². The van der Waals surface area contributed by atoms with Crippen LogP contribution in [0, 0.1) is 11.3 Å². The molecule has 3 atom stereocenters. The summed E-state index contributed by atoms with van der Waals surface area (Å²) in [5.41, 5.74) is 5.04. The van der Waals surface area contributed by atoms with Gasteiger partial charge in [-0.3, -0.25) is 14.4 Å². The van der Waals surface area contributed by atoms with E-state index in [1.54, 1.807) is 41.9 Å². The van der Waals surface area contributed by atoms with Crippen molar-refractivity contribution in [3.63, 3.8) is 0 Å². The number of nitrogens with zero attached hydrogens (tertiary/aromatic N) is 8. The fourth-order valence-corrected chi connectivity index (χ4v) is 5.20. The Bertz CT molecular complexity index is 1540.